The number of halogens is 3. The molecule has 2 bridgehead atoms. The molecule has 3 rings (SSSR count). The molecule has 1 aromatic rings. The molecule has 2 atom stereocenters. The Bertz CT molecular complexity index is 705. The summed E-state index contributed by atoms with van der Waals surface area (Å²) >= 11 is 5.88. The lowest BCUT2D eigenvalue weighted by Gasteiger charge is -2.34. The fraction of sp³-hybridized carbons (Fsp3) is 0.600. The summed E-state index contributed by atoms with van der Waals surface area (Å²) in [6.07, 6.45) is 3.68. The van der Waals surface area contributed by atoms with Crippen molar-refractivity contribution >= 4 is 21.6 Å². The third kappa shape index (κ3) is 3.51. The summed E-state index contributed by atoms with van der Waals surface area (Å²) in [5, 5.41) is 3.31. The molecule has 0 amide bonds. The van der Waals surface area contributed by atoms with Gasteiger partial charge in [0.1, 0.15) is 5.75 Å². The van der Waals surface area contributed by atoms with E-state index in [1.807, 2.05) is 0 Å². The number of hydrogen-bond acceptors (Lipinski definition) is 4. The molecule has 2 fully saturated rings. The van der Waals surface area contributed by atoms with E-state index in [9.17, 15) is 17.2 Å². The number of sulfonamides is 1. The van der Waals surface area contributed by atoms with E-state index >= 15 is 0 Å². The van der Waals surface area contributed by atoms with Gasteiger partial charge in [-0.2, -0.15) is 13.1 Å². The van der Waals surface area contributed by atoms with Gasteiger partial charge in [-0.15, -0.1) is 0 Å². The Morgan fingerprint density at radius 3 is 2.46 bits per heavy atom. The molecule has 0 radical (unpaired) electrons. The zero-order valence-corrected chi connectivity index (χ0v) is 14.7. The van der Waals surface area contributed by atoms with Crippen molar-refractivity contribution in [3.8, 4) is 5.75 Å². The van der Waals surface area contributed by atoms with Crippen LogP contribution in [0.15, 0.2) is 23.1 Å². The van der Waals surface area contributed by atoms with Crippen LogP contribution in [0.4, 0.5) is 8.78 Å². The van der Waals surface area contributed by atoms with E-state index in [2.05, 4.69) is 10.1 Å². The SMILES string of the molecule is CN(C1CC2CCC(C1)N2)S(=O)(=O)c1ccc(OC(F)F)c(Cl)c1. The molecule has 2 aliphatic rings. The van der Waals surface area contributed by atoms with Gasteiger partial charge >= 0.3 is 6.61 Å². The summed E-state index contributed by atoms with van der Waals surface area (Å²) in [6, 6.07) is 4.19. The van der Waals surface area contributed by atoms with Crippen LogP contribution in [0, 0.1) is 0 Å². The first-order valence-corrected chi connectivity index (χ1v) is 9.57. The number of hydrogen-bond donors (Lipinski definition) is 1. The molecule has 24 heavy (non-hydrogen) atoms. The molecule has 0 aliphatic carbocycles. The number of benzene rings is 1. The highest BCUT2D eigenvalue weighted by Crippen LogP contribution is 2.34. The normalized spacial score (nSPS) is 27.0. The van der Waals surface area contributed by atoms with Crippen molar-refractivity contribution in [2.45, 2.75) is 55.3 Å². The van der Waals surface area contributed by atoms with E-state index in [-0.39, 0.29) is 21.7 Å². The van der Waals surface area contributed by atoms with Crippen molar-refractivity contribution in [2.24, 2.45) is 0 Å². The molecule has 5 nitrogen and oxygen atoms in total. The van der Waals surface area contributed by atoms with Crippen molar-refractivity contribution in [3.63, 3.8) is 0 Å². The van der Waals surface area contributed by atoms with Crippen LogP contribution in [0.2, 0.25) is 5.02 Å². The molecule has 2 heterocycles. The molecule has 9 heteroatoms. The van der Waals surface area contributed by atoms with E-state index in [0.29, 0.717) is 12.1 Å². The number of alkyl halides is 2. The first-order valence-electron chi connectivity index (χ1n) is 7.76. The minimum atomic E-state index is -3.75. The Morgan fingerprint density at radius 1 is 1.29 bits per heavy atom. The maximum atomic E-state index is 12.8. The summed E-state index contributed by atoms with van der Waals surface area (Å²) in [4.78, 5) is -0.0255. The van der Waals surface area contributed by atoms with Crippen LogP contribution in [0.25, 0.3) is 0 Å². The van der Waals surface area contributed by atoms with Crippen molar-refractivity contribution in [1.29, 1.82) is 0 Å². The minimum absolute atomic E-state index is 0.0255. The van der Waals surface area contributed by atoms with Crippen LogP contribution in [0.1, 0.15) is 25.7 Å². The van der Waals surface area contributed by atoms with E-state index in [4.69, 9.17) is 11.6 Å². The van der Waals surface area contributed by atoms with Gasteiger partial charge in [0.15, 0.2) is 0 Å². The fourth-order valence-corrected chi connectivity index (χ4v) is 5.21. The van der Waals surface area contributed by atoms with Gasteiger partial charge in [0.25, 0.3) is 0 Å². The summed E-state index contributed by atoms with van der Waals surface area (Å²) in [6.45, 7) is -3.02. The smallest absolute Gasteiger partial charge is 0.387 e. The molecule has 2 unspecified atom stereocenters. The second-order valence-electron chi connectivity index (χ2n) is 6.26. The first kappa shape index (κ1) is 17.8. The van der Waals surface area contributed by atoms with Crippen LogP contribution in [-0.2, 0) is 10.0 Å². The Labute approximate surface area is 145 Å². The highest BCUT2D eigenvalue weighted by Gasteiger charge is 2.38. The van der Waals surface area contributed by atoms with Gasteiger partial charge in [-0.25, -0.2) is 8.42 Å². The molecular formula is C15H19ClF2N2O3S. The zero-order valence-electron chi connectivity index (χ0n) is 13.1. The quantitative estimate of drug-likeness (QED) is 0.853. The minimum Gasteiger partial charge on any atom is -0.433 e. The van der Waals surface area contributed by atoms with E-state index in [1.54, 1.807) is 7.05 Å². The van der Waals surface area contributed by atoms with Gasteiger partial charge < -0.3 is 10.1 Å². The first-order chi connectivity index (χ1) is 11.3. The second kappa shape index (κ2) is 6.74. The Hall–Kier alpha value is -0.960. The lowest BCUT2D eigenvalue weighted by molar-refractivity contribution is -0.0498. The van der Waals surface area contributed by atoms with E-state index < -0.39 is 16.6 Å². The number of rotatable bonds is 5. The number of nitrogens with one attached hydrogen (secondary N) is 1. The van der Waals surface area contributed by atoms with Gasteiger partial charge in [-0.05, 0) is 43.9 Å². The van der Waals surface area contributed by atoms with Crippen molar-refractivity contribution in [2.75, 3.05) is 7.05 Å². The highest BCUT2D eigenvalue weighted by molar-refractivity contribution is 7.89. The molecule has 2 saturated heterocycles. The molecule has 134 valence electrons. The summed E-state index contributed by atoms with van der Waals surface area (Å²) in [5.74, 6) is -0.242. The maximum Gasteiger partial charge on any atom is 0.387 e. The number of ether oxygens (including phenoxy) is 1. The lowest BCUT2D eigenvalue weighted by atomic mass is 10.0. The zero-order chi connectivity index (χ0) is 17.5. The van der Waals surface area contributed by atoms with Gasteiger partial charge in [0.05, 0.1) is 9.92 Å². The van der Waals surface area contributed by atoms with Gasteiger partial charge in [-0.1, -0.05) is 11.6 Å². The van der Waals surface area contributed by atoms with E-state index in [1.165, 1.54) is 10.4 Å². The molecule has 1 N–H and O–H groups in total. The van der Waals surface area contributed by atoms with Crippen LogP contribution >= 0.6 is 11.6 Å². The summed E-state index contributed by atoms with van der Waals surface area (Å²) in [7, 11) is -2.19. The predicted octanol–water partition coefficient (Wildman–Crippen LogP) is 2.84. The molecule has 0 aromatic heterocycles. The van der Waals surface area contributed by atoms with Crippen LogP contribution in [0.5, 0.6) is 5.75 Å². The van der Waals surface area contributed by atoms with Gasteiger partial charge in [0.2, 0.25) is 10.0 Å². The topological polar surface area (TPSA) is 58.6 Å². The number of nitrogens with zero attached hydrogens (tertiary/aromatic N) is 1. The van der Waals surface area contributed by atoms with Gasteiger partial charge in [0, 0.05) is 25.2 Å². The van der Waals surface area contributed by atoms with E-state index in [0.717, 1.165) is 37.8 Å². The van der Waals surface area contributed by atoms with Gasteiger partial charge in [-0.3, -0.25) is 0 Å². The number of fused-ring (bicyclic) bond motifs is 2. The third-order valence-corrected chi connectivity index (χ3v) is 6.96. The van der Waals surface area contributed by atoms with Crippen molar-refractivity contribution in [3.05, 3.63) is 23.2 Å². The Kier molecular flexibility index (Phi) is 5.01. The summed E-state index contributed by atoms with van der Waals surface area (Å²) in [5.41, 5.74) is 0. The number of piperidine rings is 1. The average Bonchev–Trinajstić information content (AvgIpc) is 2.86. The molecule has 2 aliphatic heterocycles. The predicted molar refractivity (Wildman–Crippen MR) is 86.0 cm³/mol. The lowest BCUT2D eigenvalue weighted by Crippen LogP contribution is -2.48. The monoisotopic (exact) mass is 380 g/mol. The molecule has 0 spiro atoms. The van der Waals surface area contributed by atoms with Crippen LogP contribution in [-0.4, -0.2) is 44.5 Å². The average molecular weight is 381 g/mol. The Morgan fingerprint density at radius 2 is 1.92 bits per heavy atom. The molecule has 0 saturated carbocycles. The van der Waals surface area contributed by atoms with Crippen molar-refractivity contribution in [1.82, 2.24) is 9.62 Å². The Balaban J connectivity index is 1.80. The largest absolute Gasteiger partial charge is 0.433 e. The highest BCUT2D eigenvalue weighted by atomic mass is 35.5. The van der Waals surface area contributed by atoms with Crippen LogP contribution < -0.4 is 10.1 Å². The fourth-order valence-electron chi connectivity index (χ4n) is 3.52. The third-order valence-electron chi connectivity index (χ3n) is 4.76. The second-order valence-corrected chi connectivity index (χ2v) is 8.66. The maximum absolute atomic E-state index is 12.8. The summed E-state index contributed by atoms with van der Waals surface area (Å²) < 4.78 is 55.8. The molecular weight excluding hydrogens is 362 g/mol. The molecule has 1 aromatic carbocycles. The standard InChI is InChI=1S/C15H19ClF2N2O3S/c1-20(11-6-9-2-3-10(7-11)19-9)24(21,22)12-4-5-14(13(16)8-12)23-15(17)18/h4-5,8-11,15,19H,2-3,6-7H2,1H3. The van der Waals surface area contributed by atoms with Crippen molar-refractivity contribution < 1.29 is 21.9 Å². The van der Waals surface area contributed by atoms with Crippen LogP contribution in [0.3, 0.4) is 0 Å².